The van der Waals surface area contributed by atoms with E-state index in [1.807, 2.05) is 12.1 Å². The Morgan fingerprint density at radius 3 is 3.00 bits per heavy atom. The molecule has 0 spiro atoms. The maximum absolute atomic E-state index is 6.17. The first-order valence-electron chi connectivity index (χ1n) is 5.78. The van der Waals surface area contributed by atoms with Crippen molar-refractivity contribution in [1.29, 1.82) is 0 Å². The number of nitrogens with one attached hydrogen (secondary N) is 1. The summed E-state index contributed by atoms with van der Waals surface area (Å²) in [5, 5.41) is 4.44. The van der Waals surface area contributed by atoms with E-state index in [0.29, 0.717) is 28.9 Å². The van der Waals surface area contributed by atoms with Crippen LogP contribution in [0.3, 0.4) is 0 Å². The smallest absolute Gasteiger partial charge is 0.144 e. The predicted octanol–water partition coefficient (Wildman–Crippen LogP) is 2.76. The molecular formula is C12H16Cl2N2O. The molecule has 17 heavy (non-hydrogen) atoms. The van der Waals surface area contributed by atoms with E-state index in [4.69, 9.17) is 33.7 Å². The summed E-state index contributed by atoms with van der Waals surface area (Å²) in [4.78, 5) is 0. The Morgan fingerprint density at radius 1 is 1.41 bits per heavy atom. The van der Waals surface area contributed by atoms with Gasteiger partial charge in [0.1, 0.15) is 10.8 Å². The average molecular weight is 275 g/mol. The van der Waals surface area contributed by atoms with Gasteiger partial charge in [-0.1, -0.05) is 29.3 Å². The zero-order chi connectivity index (χ0) is 12.3. The quantitative estimate of drug-likeness (QED) is 0.891. The number of hydrogen-bond acceptors (Lipinski definition) is 3. The molecule has 0 amide bonds. The van der Waals surface area contributed by atoms with Crippen LogP contribution in [-0.4, -0.2) is 19.7 Å². The van der Waals surface area contributed by atoms with Crippen LogP contribution in [0.5, 0.6) is 5.75 Å². The Hall–Kier alpha value is -0.480. The molecule has 0 aromatic heterocycles. The second kappa shape index (κ2) is 5.91. The summed E-state index contributed by atoms with van der Waals surface area (Å²) in [5.74, 6) is 0.714. The van der Waals surface area contributed by atoms with E-state index in [-0.39, 0.29) is 6.04 Å². The van der Waals surface area contributed by atoms with Crippen LogP contribution in [0, 0.1) is 0 Å². The molecule has 0 aliphatic carbocycles. The zero-order valence-electron chi connectivity index (χ0n) is 9.51. The lowest BCUT2D eigenvalue weighted by molar-refractivity contribution is 0.315. The fourth-order valence-corrected chi connectivity index (χ4v) is 2.43. The van der Waals surface area contributed by atoms with E-state index in [2.05, 4.69) is 5.32 Å². The number of fused-ring (bicyclic) bond motifs is 1. The molecule has 3 N–H and O–H groups in total. The first-order chi connectivity index (χ1) is 8.24. The van der Waals surface area contributed by atoms with Crippen molar-refractivity contribution in [3.63, 3.8) is 0 Å². The molecule has 2 rings (SSSR count). The van der Waals surface area contributed by atoms with E-state index in [1.54, 1.807) is 0 Å². The van der Waals surface area contributed by atoms with Gasteiger partial charge in [-0.25, -0.2) is 0 Å². The van der Waals surface area contributed by atoms with Gasteiger partial charge in [0.2, 0.25) is 0 Å². The Balaban J connectivity index is 2.32. The SMILES string of the molecule is NCCNC1CCCOc2c1ccc(Cl)c2Cl. The summed E-state index contributed by atoms with van der Waals surface area (Å²) in [6, 6.07) is 4.03. The van der Waals surface area contributed by atoms with E-state index >= 15 is 0 Å². The van der Waals surface area contributed by atoms with Crippen LogP contribution in [0.15, 0.2) is 12.1 Å². The molecule has 0 radical (unpaired) electrons. The number of benzene rings is 1. The third-order valence-corrected chi connectivity index (χ3v) is 3.66. The second-order valence-corrected chi connectivity index (χ2v) is 4.85. The fourth-order valence-electron chi connectivity index (χ4n) is 2.05. The van der Waals surface area contributed by atoms with Gasteiger partial charge in [0, 0.05) is 24.7 Å². The van der Waals surface area contributed by atoms with Gasteiger partial charge in [-0.2, -0.15) is 0 Å². The van der Waals surface area contributed by atoms with Gasteiger partial charge in [0.15, 0.2) is 0 Å². The fraction of sp³-hybridized carbons (Fsp3) is 0.500. The Labute approximate surface area is 111 Å². The largest absolute Gasteiger partial charge is 0.492 e. The number of hydrogen-bond donors (Lipinski definition) is 2. The van der Waals surface area contributed by atoms with Crippen molar-refractivity contribution >= 4 is 23.2 Å². The van der Waals surface area contributed by atoms with Gasteiger partial charge in [-0.15, -0.1) is 0 Å². The van der Waals surface area contributed by atoms with Gasteiger partial charge in [-0.3, -0.25) is 0 Å². The van der Waals surface area contributed by atoms with Crippen LogP contribution in [0.25, 0.3) is 0 Å². The van der Waals surface area contributed by atoms with E-state index in [0.717, 1.165) is 24.9 Å². The standard InChI is InChI=1S/C12H16Cl2N2O/c13-9-4-3-8-10(16-6-5-15)2-1-7-17-12(8)11(9)14/h3-4,10,16H,1-2,5-7,15H2. The minimum absolute atomic E-state index is 0.241. The molecule has 1 heterocycles. The molecular weight excluding hydrogens is 259 g/mol. The maximum atomic E-state index is 6.17. The molecule has 94 valence electrons. The van der Waals surface area contributed by atoms with Gasteiger partial charge in [0.25, 0.3) is 0 Å². The average Bonchev–Trinajstić information content (AvgIpc) is 2.54. The van der Waals surface area contributed by atoms with E-state index < -0.39 is 0 Å². The monoisotopic (exact) mass is 274 g/mol. The first-order valence-corrected chi connectivity index (χ1v) is 6.53. The Bertz CT molecular complexity index is 398. The molecule has 0 saturated heterocycles. The normalized spacial score (nSPS) is 19.4. The molecule has 3 nitrogen and oxygen atoms in total. The lowest BCUT2D eigenvalue weighted by atomic mass is 10.0. The van der Waals surface area contributed by atoms with Gasteiger partial charge in [0.05, 0.1) is 11.6 Å². The van der Waals surface area contributed by atoms with Crippen molar-refractivity contribution in [2.24, 2.45) is 5.73 Å². The molecule has 0 fully saturated rings. The predicted molar refractivity (Wildman–Crippen MR) is 71.0 cm³/mol. The lowest BCUT2D eigenvalue weighted by Crippen LogP contribution is -2.27. The van der Waals surface area contributed by atoms with Gasteiger partial charge >= 0.3 is 0 Å². The number of nitrogens with two attached hydrogens (primary N) is 1. The molecule has 0 saturated carbocycles. The maximum Gasteiger partial charge on any atom is 0.144 e. The highest BCUT2D eigenvalue weighted by molar-refractivity contribution is 6.43. The molecule has 5 heteroatoms. The molecule has 1 aromatic carbocycles. The second-order valence-electron chi connectivity index (χ2n) is 4.07. The number of rotatable bonds is 3. The molecule has 1 aliphatic heterocycles. The Morgan fingerprint density at radius 2 is 2.24 bits per heavy atom. The summed E-state index contributed by atoms with van der Waals surface area (Å²) in [6.45, 7) is 2.08. The molecule has 1 atom stereocenters. The van der Waals surface area contributed by atoms with Crippen LogP contribution in [-0.2, 0) is 0 Å². The topological polar surface area (TPSA) is 47.3 Å². The minimum Gasteiger partial charge on any atom is -0.492 e. The highest BCUT2D eigenvalue weighted by atomic mass is 35.5. The highest BCUT2D eigenvalue weighted by Crippen LogP contribution is 2.40. The van der Waals surface area contributed by atoms with Gasteiger partial charge in [-0.05, 0) is 18.9 Å². The van der Waals surface area contributed by atoms with Crippen molar-refractivity contribution in [2.75, 3.05) is 19.7 Å². The number of halogens is 2. The van der Waals surface area contributed by atoms with Crippen molar-refractivity contribution in [1.82, 2.24) is 5.32 Å². The summed E-state index contributed by atoms with van der Waals surface area (Å²) in [7, 11) is 0. The van der Waals surface area contributed by atoms with Crippen molar-refractivity contribution < 1.29 is 4.74 Å². The van der Waals surface area contributed by atoms with E-state index in [1.165, 1.54) is 0 Å². The summed E-state index contributed by atoms with van der Waals surface area (Å²) >= 11 is 12.2. The van der Waals surface area contributed by atoms with Crippen LogP contribution in [0.2, 0.25) is 10.0 Å². The molecule has 1 unspecified atom stereocenters. The molecule has 0 bridgehead atoms. The van der Waals surface area contributed by atoms with Crippen molar-refractivity contribution in [2.45, 2.75) is 18.9 Å². The molecule has 1 aromatic rings. The van der Waals surface area contributed by atoms with Crippen LogP contribution in [0.1, 0.15) is 24.4 Å². The molecule has 1 aliphatic rings. The van der Waals surface area contributed by atoms with Gasteiger partial charge < -0.3 is 15.8 Å². The summed E-state index contributed by atoms with van der Waals surface area (Å²) in [5.41, 5.74) is 6.59. The van der Waals surface area contributed by atoms with E-state index in [9.17, 15) is 0 Å². The third-order valence-electron chi connectivity index (χ3n) is 2.87. The van der Waals surface area contributed by atoms with Crippen LogP contribution < -0.4 is 15.8 Å². The Kier molecular flexibility index (Phi) is 4.51. The number of ether oxygens (including phenoxy) is 1. The lowest BCUT2D eigenvalue weighted by Gasteiger charge is -2.19. The summed E-state index contributed by atoms with van der Waals surface area (Å²) < 4.78 is 5.68. The highest BCUT2D eigenvalue weighted by Gasteiger charge is 2.22. The first kappa shape index (κ1) is 13.0. The zero-order valence-corrected chi connectivity index (χ0v) is 11.0. The van der Waals surface area contributed by atoms with Crippen molar-refractivity contribution in [3.05, 3.63) is 27.7 Å². The van der Waals surface area contributed by atoms with Crippen LogP contribution >= 0.6 is 23.2 Å². The van der Waals surface area contributed by atoms with Crippen LogP contribution in [0.4, 0.5) is 0 Å². The van der Waals surface area contributed by atoms with Crippen molar-refractivity contribution in [3.8, 4) is 5.75 Å². The third kappa shape index (κ3) is 2.86. The minimum atomic E-state index is 0.241. The summed E-state index contributed by atoms with van der Waals surface area (Å²) in [6.07, 6.45) is 2.01.